The van der Waals surface area contributed by atoms with Gasteiger partial charge in [0.2, 0.25) is 11.5 Å². The SMILES string of the molecule is Cc1nnc2n1CCN(C(=O)C[C@@](O)(c1ccco1)C(F)(F)F)C2. The summed E-state index contributed by atoms with van der Waals surface area (Å²) < 4.78 is 46.5. The van der Waals surface area contributed by atoms with Gasteiger partial charge >= 0.3 is 6.18 Å². The Labute approximate surface area is 134 Å². The number of carbonyl (C=O) groups is 1. The summed E-state index contributed by atoms with van der Waals surface area (Å²) in [6.07, 6.45) is -5.19. The molecule has 130 valence electrons. The molecule has 7 nitrogen and oxygen atoms in total. The summed E-state index contributed by atoms with van der Waals surface area (Å²) in [5.74, 6) is -0.363. The molecule has 10 heteroatoms. The molecule has 0 spiro atoms. The predicted molar refractivity (Wildman–Crippen MR) is 73.5 cm³/mol. The number of furan rings is 1. The van der Waals surface area contributed by atoms with E-state index in [1.165, 1.54) is 11.0 Å². The molecule has 24 heavy (non-hydrogen) atoms. The lowest BCUT2D eigenvalue weighted by Gasteiger charge is -2.32. The summed E-state index contributed by atoms with van der Waals surface area (Å²) in [5, 5.41) is 17.9. The summed E-state index contributed by atoms with van der Waals surface area (Å²) in [5.41, 5.74) is -3.37. The van der Waals surface area contributed by atoms with Gasteiger partial charge < -0.3 is 19.0 Å². The molecule has 0 bridgehead atoms. The van der Waals surface area contributed by atoms with E-state index in [-0.39, 0.29) is 13.1 Å². The summed E-state index contributed by atoms with van der Waals surface area (Å²) in [6.45, 7) is 2.42. The Morgan fingerprint density at radius 1 is 1.38 bits per heavy atom. The van der Waals surface area contributed by atoms with Crippen LogP contribution in [-0.4, -0.2) is 43.4 Å². The number of nitrogens with zero attached hydrogens (tertiary/aromatic N) is 4. The van der Waals surface area contributed by atoms with Crippen molar-refractivity contribution in [2.24, 2.45) is 0 Å². The van der Waals surface area contributed by atoms with Gasteiger partial charge in [0, 0.05) is 13.1 Å². The number of aromatic nitrogens is 3. The van der Waals surface area contributed by atoms with Gasteiger partial charge in [-0.1, -0.05) is 0 Å². The predicted octanol–water partition coefficient (Wildman–Crippen LogP) is 1.36. The van der Waals surface area contributed by atoms with Crippen molar-refractivity contribution in [1.82, 2.24) is 19.7 Å². The summed E-state index contributed by atoms with van der Waals surface area (Å²) in [4.78, 5) is 13.6. The van der Waals surface area contributed by atoms with Gasteiger partial charge in [-0.15, -0.1) is 10.2 Å². The maximum Gasteiger partial charge on any atom is 0.425 e. The second-order valence-electron chi connectivity index (χ2n) is 5.64. The van der Waals surface area contributed by atoms with E-state index in [4.69, 9.17) is 4.42 Å². The minimum Gasteiger partial charge on any atom is -0.466 e. The number of carbonyl (C=O) groups excluding carboxylic acids is 1. The number of hydrogen-bond acceptors (Lipinski definition) is 5. The fraction of sp³-hybridized carbons (Fsp3) is 0.500. The molecule has 1 aliphatic heterocycles. The van der Waals surface area contributed by atoms with Gasteiger partial charge in [-0.2, -0.15) is 13.2 Å². The first-order valence-electron chi connectivity index (χ1n) is 7.22. The van der Waals surface area contributed by atoms with E-state index >= 15 is 0 Å². The highest BCUT2D eigenvalue weighted by Crippen LogP contribution is 2.42. The van der Waals surface area contributed by atoms with Crippen LogP contribution in [-0.2, 0) is 23.5 Å². The van der Waals surface area contributed by atoms with E-state index < -0.39 is 29.9 Å². The van der Waals surface area contributed by atoms with Crippen LogP contribution in [0, 0.1) is 6.92 Å². The van der Waals surface area contributed by atoms with E-state index in [0.29, 0.717) is 18.2 Å². The Kier molecular flexibility index (Phi) is 3.86. The smallest absolute Gasteiger partial charge is 0.425 e. The average molecular weight is 344 g/mol. The van der Waals surface area contributed by atoms with Crippen LogP contribution < -0.4 is 0 Å². The van der Waals surface area contributed by atoms with Crippen molar-refractivity contribution >= 4 is 5.91 Å². The third kappa shape index (κ3) is 2.66. The van der Waals surface area contributed by atoms with Crippen LogP contribution in [0.25, 0.3) is 0 Å². The topological polar surface area (TPSA) is 84.4 Å². The third-order valence-corrected chi connectivity index (χ3v) is 4.10. The zero-order valence-corrected chi connectivity index (χ0v) is 12.7. The number of rotatable bonds is 3. The molecule has 1 amide bonds. The fourth-order valence-corrected chi connectivity index (χ4v) is 2.69. The van der Waals surface area contributed by atoms with Gasteiger partial charge in [-0.25, -0.2) is 0 Å². The van der Waals surface area contributed by atoms with Crippen molar-refractivity contribution in [2.75, 3.05) is 6.54 Å². The van der Waals surface area contributed by atoms with E-state index in [2.05, 4.69) is 10.2 Å². The van der Waals surface area contributed by atoms with E-state index in [1.54, 1.807) is 11.5 Å². The molecule has 0 aromatic carbocycles. The first-order valence-corrected chi connectivity index (χ1v) is 7.22. The van der Waals surface area contributed by atoms with E-state index in [0.717, 1.165) is 12.3 Å². The molecule has 0 fully saturated rings. The minimum absolute atomic E-state index is 0.0474. The minimum atomic E-state index is -5.05. The molecule has 1 N–H and O–H groups in total. The molecule has 2 aromatic heterocycles. The molecule has 1 atom stereocenters. The zero-order chi connectivity index (χ0) is 17.5. The van der Waals surface area contributed by atoms with Crippen LogP contribution in [0.1, 0.15) is 23.8 Å². The van der Waals surface area contributed by atoms with Crippen molar-refractivity contribution in [3.8, 4) is 0 Å². The van der Waals surface area contributed by atoms with Crippen LogP contribution in [0.2, 0.25) is 0 Å². The molecular formula is C14H15F3N4O3. The number of aryl methyl sites for hydroxylation is 1. The van der Waals surface area contributed by atoms with Gasteiger partial charge in [0.15, 0.2) is 5.82 Å². The highest BCUT2D eigenvalue weighted by atomic mass is 19.4. The molecule has 0 saturated carbocycles. The number of alkyl halides is 3. The average Bonchev–Trinajstić information content (AvgIpc) is 3.16. The van der Waals surface area contributed by atoms with Crippen LogP contribution >= 0.6 is 0 Å². The van der Waals surface area contributed by atoms with Crippen molar-refractivity contribution in [3.63, 3.8) is 0 Å². The summed E-state index contributed by atoms with van der Waals surface area (Å²) in [7, 11) is 0. The first-order chi connectivity index (χ1) is 11.2. The second kappa shape index (κ2) is 5.62. The molecule has 1 aliphatic rings. The summed E-state index contributed by atoms with van der Waals surface area (Å²) >= 11 is 0. The summed E-state index contributed by atoms with van der Waals surface area (Å²) in [6, 6.07) is 2.22. The normalized spacial score (nSPS) is 17.5. The maximum absolute atomic E-state index is 13.3. The Hall–Kier alpha value is -2.36. The molecule has 3 rings (SSSR count). The van der Waals surface area contributed by atoms with Crippen molar-refractivity contribution in [3.05, 3.63) is 35.8 Å². The Balaban J connectivity index is 1.80. The van der Waals surface area contributed by atoms with Crippen LogP contribution in [0.15, 0.2) is 22.8 Å². The Morgan fingerprint density at radius 3 is 2.75 bits per heavy atom. The highest BCUT2D eigenvalue weighted by molar-refractivity contribution is 5.77. The van der Waals surface area contributed by atoms with Gasteiger partial charge in [0.1, 0.15) is 11.6 Å². The monoisotopic (exact) mass is 344 g/mol. The van der Waals surface area contributed by atoms with Gasteiger partial charge in [0.25, 0.3) is 0 Å². The van der Waals surface area contributed by atoms with E-state index in [9.17, 15) is 23.1 Å². The molecule has 3 heterocycles. The van der Waals surface area contributed by atoms with Crippen LogP contribution in [0.4, 0.5) is 13.2 Å². The largest absolute Gasteiger partial charge is 0.466 e. The quantitative estimate of drug-likeness (QED) is 0.909. The van der Waals surface area contributed by atoms with Crippen LogP contribution in [0.3, 0.4) is 0 Å². The zero-order valence-electron chi connectivity index (χ0n) is 12.7. The molecule has 0 radical (unpaired) electrons. The van der Waals surface area contributed by atoms with Gasteiger partial charge in [0.05, 0.1) is 19.2 Å². The Bertz CT molecular complexity index is 741. The number of fused-ring (bicyclic) bond motifs is 1. The van der Waals surface area contributed by atoms with Gasteiger partial charge in [-0.05, 0) is 19.1 Å². The second-order valence-corrected chi connectivity index (χ2v) is 5.64. The van der Waals surface area contributed by atoms with E-state index in [1.807, 2.05) is 0 Å². The highest BCUT2D eigenvalue weighted by Gasteiger charge is 2.58. The lowest BCUT2D eigenvalue weighted by atomic mass is 9.94. The van der Waals surface area contributed by atoms with Crippen molar-refractivity contribution in [1.29, 1.82) is 0 Å². The molecule has 2 aromatic rings. The van der Waals surface area contributed by atoms with Crippen LogP contribution in [0.5, 0.6) is 0 Å². The Morgan fingerprint density at radius 2 is 2.12 bits per heavy atom. The fourth-order valence-electron chi connectivity index (χ4n) is 2.69. The molecule has 0 aliphatic carbocycles. The lowest BCUT2D eigenvalue weighted by molar-refractivity contribution is -0.274. The molecular weight excluding hydrogens is 329 g/mol. The van der Waals surface area contributed by atoms with Crippen molar-refractivity contribution in [2.45, 2.75) is 38.2 Å². The maximum atomic E-state index is 13.3. The van der Waals surface area contributed by atoms with Crippen molar-refractivity contribution < 1.29 is 27.5 Å². The number of amides is 1. The third-order valence-electron chi connectivity index (χ3n) is 4.10. The first kappa shape index (κ1) is 16.5. The van der Waals surface area contributed by atoms with Gasteiger partial charge in [-0.3, -0.25) is 4.79 Å². The lowest BCUT2D eigenvalue weighted by Crippen LogP contribution is -2.48. The number of aliphatic hydroxyl groups is 1. The number of halogens is 3. The standard InChI is InChI=1S/C14H15F3N4O3/c1-9-18-19-11-8-20(4-5-21(9)11)12(22)7-13(23,14(15,16)17)10-3-2-6-24-10/h2-3,6,23H,4-5,7-8H2,1H3/t13-/m1/s1. The number of hydrogen-bond donors (Lipinski definition) is 1. The molecule has 0 unspecified atom stereocenters. The molecule has 0 saturated heterocycles.